The summed E-state index contributed by atoms with van der Waals surface area (Å²) in [4.78, 5) is 55.5. The third-order valence-corrected chi connectivity index (χ3v) is 12.2. The highest BCUT2D eigenvalue weighted by Gasteiger charge is 2.46. The summed E-state index contributed by atoms with van der Waals surface area (Å²) in [6.45, 7) is 17.1. The Morgan fingerprint density at radius 3 is 1.95 bits per heavy atom. The number of allylic oxidation sites excluding steroid dienone is 3. The predicted molar refractivity (Wildman–Crippen MR) is 236 cm³/mol. The summed E-state index contributed by atoms with van der Waals surface area (Å²) in [7, 11) is 1.95. The first-order valence-electron chi connectivity index (χ1n) is 21.6. The van der Waals surface area contributed by atoms with Crippen LogP contribution in [-0.4, -0.2) is 102 Å². The van der Waals surface area contributed by atoms with Crippen LogP contribution in [0.2, 0.25) is 0 Å². The summed E-state index contributed by atoms with van der Waals surface area (Å²) in [6.07, 6.45) is 14.7. The number of likely N-dealkylation sites (tertiary alicyclic amines) is 1. The van der Waals surface area contributed by atoms with E-state index in [1.807, 2.05) is 40.8 Å². The fraction of sp³-hybridized carbons (Fsp3) is 0.522. The molecule has 0 bridgehead atoms. The molecule has 8 N–H and O–H groups in total. The van der Waals surface area contributed by atoms with Crippen molar-refractivity contribution < 1.29 is 28.7 Å². The molecule has 0 aromatic heterocycles. The van der Waals surface area contributed by atoms with Crippen molar-refractivity contribution in [3.63, 3.8) is 0 Å². The molecule has 60 heavy (non-hydrogen) atoms. The Hall–Kier alpha value is -5.21. The number of likely N-dealkylation sites (N-methyl/N-ethyl adjacent to an activating group) is 1. The minimum atomic E-state index is -0.936. The van der Waals surface area contributed by atoms with Gasteiger partial charge in [-0.05, 0) is 86.9 Å². The summed E-state index contributed by atoms with van der Waals surface area (Å²) in [6, 6.07) is 7.10. The van der Waals surface area contributed by atoms with Gasteiger partial charge < -0.3 is 32.5 Å². The van der Waals surface area contributed by atoms with Crippen molar-refractivity contribution in [3.05, 3.63) is 94.3 Å². The van der Waals surface area contributed by atoms with Gasteiger partial charge >= 0.3 is 0 Å². The molecule has 1 aliphatic carbocycles. The van der Waals surface area contributed by atoms with Crippen molar-refractivity contribution in [1.82, 2.24) is 24.5 Å². The Morgan fingerprint density at radius 2 is 1.43 bits per heavy atom. The van der Waals surface area contributed by atoms with Crippen LogP contribution in [0.3, 0.4) is 0 Å². The normalized spacial score (nSPS) is 21.1. The number of aryl methyl sites for hydroxylation is 2. The molecular formula is C46H68FN8O5+. The minimum absolute atomic E-state index is 0.00266. The lowest BCUT2D eigenvalue weighted by Crippen LogP contribution is -2.59. The van der Waals surface area contributed by atoms with Gasteiger partial charge in [-0.25, -0.2) is 4.39 Å². The Kier molecular flexibility index (Phi) is 17.3. The van der Waals surface area contributed by atoms with E-state index in [9.17, 15) is 19.2 Å². The zero-order valence-electron chi connectivity index (χ0n) is 36.4. The number of benzene rings is 2. The number of quaternary nitrogens is 1. The van der Waals surface area contributed by atoms with Gasteiger partial charge in [-0.3, -0.25) is 33.5 Å². The number of piperazine rings is 1. The summed E-state index contributed by atoms with van der Waals surface area (Å²) in [5.41, 5.74) is 20.2. The molecule has 1 unspecified atom stereocenters. The average Bonchev–Trinajstić information content (AvgIpc) is 3.48. The molecule has 7 rings (SSSR count). The van der Waals surface area contributed by atoms with E-state index in [1.165, 1.54) is 56.2 Å². The van der Waals surface area contributed by atoms with Crippen LogP contribution in [0.5, 0.6) is 5.75 Å². The van der Waals surface area contributed by atoms with Crippen LogP contribution in [-0.2, 0) is 9.59 Å². The van der Waals surface area contributed by atoms with E-state index < -0.39 is 35.5 Å². The molecule has 0 radical (unpaired) electrons. The number of hydrogen-bond donors (Lipinski definition) is 5. The number of nitrogens with zero attached hydrogens (tertiary/aromatic N) is 4. The number of imide groups is 1. The largest absolute Gasteiger partial charge is 0.508 e. The smallest absolute Gasteiger partial charge is 0.264 e. The first-order chi connectivity index (χ1) is 28.6. The van der Waals surface area contributed by atoms with E-state index in [-0.39, 0.29) is 16.8 Å². The summed E-state index contributed by atoms with van der Waals surface area (Å²) < 4.78 is 15.8. The number of hydrogen-bond acceptors (Lipinski definition) is 9. The lowest BCUT2D eigenvalue weighted by Gasteiger charge is -2.43. The number of nitrogens with one attached hydrogen (secondary N) is 1. The van der Waals surface area contributed by atoms with Gasteiger partial charge in [0.05, 0.1) is 42.8 Å². The Balaban J connectivity index is 0.000000387. The van der Waals surface area contributed by atoms with Crippen LogP contribution in [0.4, 0.5) is 10.1 Å². The van der Waals surface area contributed by atoms with Gasteiger partial charge in [0.15, 0.2) is 11.5 Å². The lowest BCUT2D eigenvalue weighted by atomic mass is 9.95. The lowest BCUT2D eigenvalue weighted by molar-refractivity contribution is -0.125. The van der Waals surface area contributed by atoms with E-state index in [0.717, 1.165) is 62.1 Å². The van der Waals surface area contributed by atoms with Gasteiger partial charge in [0.25, 0.3) is 17.7 Å². The number of amides is 4. The van der Waals surface area contributed by atoms with E-state index >= 15 is 4.39 Å². The molecule has 0 spiro atoms. The minimum Gasteiger partial charge on any atom is -0.508 e. The third-order valence-electron chi connectivity index (χ3n) is 12.2. The molecule has 4 fully saturated rings. The molecule has 4 amide bonds. The third kappa shape index (κ3) is 12.2. The second-order valence-electron chi connectivity index (χ2n) is 16.5. The SMILES string of the molecule is C1CCCCC1.C=C1CCC(N2C(=O)c3cc(F)c([N+]4(C)CCN(CC5CCN(/C(N)=C/C=C(\N)C(N)=O)CC5)CC4)cc3C2=O)C(=O)N1.CC.Cc1ccc(O)cc1C. The van der Waals surface area contributed by atoms with E-state index in [4.69, 9.17) is 22.3 Å². The van der Waals surface area contributed by atoms with Crippen LogP contribution in [0.25, 0.3) is 0 Å². The number of phenolic OH excluding ortho intramolecular Hbond substituents is 1. The zero-order chi connectivity index (χ0) is 44.1. The first-order valence-corrected chi connectivity index (χ1v) is 21.6. The quantitative estimate of drug-likeness (QED) is 0.101. The van der Waals surface area contributed by atoms with Gasteiger partial charge in [-0.2, -0.15) is 0 Å². The summed E-state index contributed by atoms with van der Waals surface area (Å²) in [5.74, 6) is -1.48. The second kappa shape index (κ2) is 21.9. The number of carbonyl (C=O) groups is 4. The topological polar surface area (TPSA) is 188 Å². The number of fused-ring (bicyclic) bond motifs is 1. The number of carbonyl (C=O) groups excluding carboxylic acids is 4. The maximum Gasteiger partial charge on any atom is 0.264 e. The number of primary amides is 1. The van der Waals surface area contributed by atoms with Gasteiger partial charge in [0, 0.05) is 44.5 Å². The van der Waals surface area contributed by atoms with Crippen molar-refractivity contribution in [2.75, 3.05) is 52.9 Å². The Labute approximate surface area is 355 Å². The zero-order valence-corrected chi connectivity index (χ0v) is 36.4. The van der Waals surface area contributed by atoms with Gasteiger partial charge in [0.2, 0.25) is 5.91 Å². The molecule has 2 aromatic rings. The Morgan fingerprint density at radius 1 is 0.867 bits per heavy atom. The van der Waals surface area contributed by atoms with Crippen LogP contribution < -0.4 is 27.0 Å². The van der Waals surface area contributed by atoms with Crippen LogP contribution in [0.1, 0.15) is 110 Å². The number of nitrogens with two attached hydrogens (primary N) is 3. The number of aromatic hydroxyl groups is 1. The number of piperidine rings is 2. The molecule has 4 heterocycles. The molecule has 14 heteroatoms. The maximum absolute atomic E-state index is 15.5. The standard InChI is InChI=1S/C30H39FN8O4.C8H10O.C6H12.C2H6/c1-18-3-5-24(28(41)35-18)38-29(42)20-15-22(31)25(16-21(20)30(38)43)39(2)13-11-36(12-14-39)17-19-7-9-37(10-8-19)26(33)6-4-23(32)27(34)40;1-6-3-4-8(9)5-7(6)2;1-2-4-6-5-3-1;1-2/h4,6,15-16,19,24H,1,3,5,7-14,17H2,2H3,(H6-,32,33,34,35,40,41,42,43);3-5,9H,1-2H3;1-6H2;1-2H3/p+1. The van der Waals surface area contributed by atoms with E-state index in [1.54, 1.807) is 18.2 Å². The first kappa shape index (κ1) is 47.5. The molecule has 3 saturated heterocycles. The Bertz CT molecular complexity index is 1920. The number of rotatable bonds is 7. The highest BCUT2D eigenvalue weighted by Crippen LogP contribution is 2.36. The monoisotopic (exact) mass is 832 g/mol. The van der Waals surface area contributed by atoms with Crippen LogP contribution in [0.15, 0.2) is 66.3 Å². The molecule has 5 aliphatic rings. The van der Waals surface area contributed by atoms with Crippen molar-refractivity contribution in [2.45, 2.75) is 97.9 Å². The number of halogens is 1. The fourth-order valence-corrected chi connectivity index (χ4v) is 8.23. The van der Waals surface area contributed by atoms with Crippen LogP contribution in [0, 0.1) is 25.6 Å². The molecule has 1 atom stereocenters. The van der Waals surface area contributed by atoms with E-state index in [2.05, 4.69) is 21.7 Å². The highest BCUT2D eigenvalue weighted by atomic mass is 19.1. The van der Waals surface area contributed by atoms with Gasteiger partial charge in [-0.1, -0.05) is 65.0 Å². The highest BCUT2D eigenvalue weighted by molar-refractivity contribution is 6.23. The second-order valence-corrected chi connectivity index (χ2v) is 16.5. The fourth-order valence-electron chi connectivity index (χ4n) is 8.23. The van der Waals surface area contributed by atoms with Gasteiger partial charge in [0.1, 0.15) is 11.8 Å². The summed E-state index contributed by atoms with van der Waals surface area (Å²) in [5, 5.41) is 11.6. The number of phenols is 1. The molecule has 1 saturated carbocycles. The van der Waals surface area contributed by atoms with Gasteiger partial charge in [-0.15, -0.1) is 0 Å². The molecule has 4 aliphatic heterocycles. The average molecular weight is 832 g/mol. The molecular weight excluding hydrogens is 764 g/mol. The van der Waals surface area contributed by atoms with Crippen molar-refractivity contribution in [1.29, 1.82) is 0 Å². The maximum atomic E-state index is 15.5. The predicted octanol–water partition coefficient (Wildman–Crippen LogP) is 5.68. The molecule has 13 nitrogen and oxygen atoms in total. The van der Waals surface area contributed by atoms with E-state index in [0.29, 0.717) is 59.3 Å². The van der Waals surface area contributed by atoms with Crippen molar-refractivity contribution >= 4 is 29.3 Å². The van der Waals surface area contributed by atoms with Crippen LogP contribution >= 0.6 is 0 Å². The summed E-state index contributed by atoms with van der Waals surface area (Å²) >= 11 is 0. The van der Waals surface area contributed by atoms with Crippen molar-refractivity contribution in [2.24, 2.45) is 23.1 Å². The van der Waals surface area contributed by atoms with Crippen molar-refractivity contribution in [3.8, 4) is 5.75 Å². The molecule has 2 aromatic carbocycles. The molecule has 328 valence electrons.